The smallest absolute Gasteiger partial charge is 0.245 e. The monoisotopic (exact) mass is 246 g/mol. The number of rotatable bonds is 0. The highest BCUT2D eigenvalue weighted by molar-refractivity contribution is 5.86. The van der Waals surface area contributed by atoms with Crippen molar-refractivity contribution in [3.05, 3.63) is 11.5 Å². The van der Waals surface area contributed by atoms with E-state index in [1.54, 1.807) is 0 Å². The highest BCUT2D eigenvalue weighted by atomic mass is 16.3. The number of carbonyl (C=O) groups is 1. The van der Waals surface area contributed by atoms with Crippen LogP contribution in [0.25, 0.3) is 0 Å². The number of piperidine rings is 1. The quantitative estimate of drug-likeness (QED) is 0.638. The van der Waals surface area contributed by atoms with E-state index in [1.165, 1.54) is 0 Å². The third kappa shape index (κ3) is 1.62. The lowest BCUT2D eigenvalue weighted by Gasteiger charge is -2.44. The molecular weight excluding hydrogens is 232 g/mol. The summed E-state index contributed by atoms with van der Waals surface area (Å²) in [5, 5.41) is 30.3. The maximum absolute atomic E-state index is 11.8. The number of nitrogens with zero attached hydrogens (tertiary/aromatic N) is 3. The number of hydrogen-bond acceptors (Lipinski definition) is 5. The first-order chi connectivity index (χ1) is 8.55. The Balaban J connectivity index is 2.51. The van der Waals surface area contributed by atoms with Gasteiger partial charge in [-0.3, -0.25) is 10.1 Å². The molecule has 2 heterocycles. The molecule has 1 fully saturated rings. The molecule has 1 amide bonds. The SMILES string of the molecule is CN1CCC2(CC1)C(C#N)=C(O)NC(=O)C2C#N. The predicted molar refractivity (Wildman–Crippen MR) is 61.7 cm³/mol. The molecule has 6 heteroatoms. The van der Waals surface area contributed by atoms with E-state index < -0.39 is 23.1 Å². The minimum atomic E-state index is -0.906. The Bertz CT molecular complexity index is 489. The van der Waals surface area contributed by atoms with Gasteiger partial charge in [0.2, 0.25) is 11.8 Å². The number of aliphatic hydroxyl groups excluding tert-OH is 1. The number of likely N-dealkylation sites (tertiary alicyclic amines) is 1. The van der Waals surface area contributed by atoms with Crippen LogP contribution in [0, 0.1) is 34.0 Å². The van der Waals surface area contributed by atoms with Crippen molar-refractivity contribution in [3.8, 4) is 12.1 Å². The zero-order valence-electron chi connectivity index (χ0n) is 10.1. The zero-order valence-corrected chi connectivity index (χ0v) is 10.1. The van der Waals surface area contributed by atoms with Crippen LogP contribution in [0.2, 0.25) is 0 Å². The second-order valence-electron chi connectivity index (χ2n) is 4.85. The van der Waals surface area contributed by atoms with Gasteiger partial charge in [0.1, 0.15) is 12.0 Å². The van der Waals surface area contributed by atoms with Gasteiger partial charge < -0.3 is 10.0 Å². The van der Waals surface area contributed by atoms with E-state index in [9.17, 15) is 20.4 Å². The molecule has 2 aliphatic rings. The van der Waals surface area contributed by atoms with Crippen molar-refractivity contribution in [2.24, 2.45) is 11.3 Å². The van der Waals surface area contributed by atoms with Gasteiger partial charge in [-0.1, -0.05) is 0 Å². The summed E-state index contributed by atoms with van der Waals surface area (Å²) in [7, 11) is 1.95. The molecule has 2 N–H and O–H groups in total. The van der Waals surface area contributed by atoms with Crippen LogP contribution in [0.4, 0.5) is 0 Å². The molecule has 94 valence electrons. The molecule has 0 aromatic rings. The molecule has 2 rings (SSSR count). The Morgan fingerprint density at radius 2 is 2.06 bits per heavy atom. The molecule has 0 saturated carbocycles. The van der Waals surface area contributed by atoms with Crippen molar-refractivity contribution < 1.29 is 9.90 Å². The van der Waals surface area contributed by atoms with E-state index in [2.05, 4.69) is 10.2 Å². The number of carbonyl (C=O) groups excluding carboxylic acids is 1. The van der Waals surface area contributed by atoms with Crippen molar-refractivity contribution in [2.75, 3.05) is 20.1 Å². The first-order valence-corrected chi connectivity index (χ1v) is 5.78. The van der Waals surface area contributed by atoms with E-state index >= 15 is 0 Å². The Labute approximate surface area is 105 Å². The molecule has 0 aromatic heterocycles. The molecule has 0 aliphatic carbocycles. The Kier molecular flexibility index (Phi) is 2.98. The van der Waals surface area contributed by atoms with Crippen LogP contribution in [0.1, 0.15) is 12.8 Å². The Morgan fingerprint density at radius 1 is 1.44 bits per heavy atom. The van der Waals surface area contributed by atoms with E-state index in [-0.39, 0.29) is 5.57 Å². The summed E-state index contributed by atoms with van der Waals surface area (Å²) < 4.78 is 0. The van der Waals surface area contributed by atoms with Crippen LogP contribution in [-0.4, -0.2) is 36.1 Å². The van der Waals surface area contributed by atoms with Crippen LogP contribution in [-0.2, 0) is 4.79 Å². The van der Waals surface area contributed by atoms with Gasteiger partial charge in [0.05, 0.1) is 11.6 Å². The van der Waals surface area contributed by atoms with Gasteiger partial charge in [-0.05, 0) is 33.0 Å². The predicted octanol–water partition coefficient (Wildman–Crippen LogP) is 0.261. The van der Waals surface area contributed by atoms with Crippen molar-refractivity contribution in [2.45, 2.75) is 12.8 Å². The fourth-order valence-corrected chi connectivity index (χ4v) is 2.79. The summed E-state index contributed by atoms with van der Waals surface area (Å²) in [6.07, 6.45) is 1.06. The highest BCUT2D eigenvalue weighted by Gasteiger charge is 2.52. The molecule has 0 radical (unpaired) electrons. The molecule has 1 unspecified atom stereocenters. The maximum Gasteiger partial charge on any atom is 0.245 e. The number of allylic oxidation sites excluding steroid dienone is 1. The molecule has 18 heavy (non-hydrogen) atoms. The number of nitrogens with one attached hydrogen (secondary N) is 1. The minimum absolute atomic E-state index is 0.141. The summed E-state index contributed by atoms with van der Waals surface area (Å²) in [5.74, 6) is -1.81. The molecule has 0 bridgehead atoms. The topological polar surface area (TPSA) is 100 Å². The number of aliphatic hydroxyl groups is 1. The van der Waals surface area contributed by atoms with Crippen LogP contribution >= 0.6 is 0 Å². The normalized spacial score (nSPS) is 27.5. The van der Waals surface area contributed by atoms with Crippen molar-refractivity contribution in [1.29, 1.82) is 10.5 Å². The first kappa shape index (κ1) is 12.4. The molecule has 1 spiro atoms. The van der Waals surface area contributed by atoms with Gasteiger partial charge in [-0.15, -0.1) is 0 Å². The number of hydrogen-bond donors (Lipinski definition) is 2. The average molecular weight is 246 g/mol. The third-order valence-corrected chi connectivity index (χ3v) is 3.91. The van der Waals surface area contributed by atoms with E-state index in [1.807, 2.05) is 19.2 Å². The second-order valence-corrected chi connectivity index (χ2v) is 4.85. The van der Waals surface area contributed by atoms with Gasteiger partial charge in [0, 0.05) is 5.41 Å². The van der Waals surface area contributed by atoms with E-state index in [0.717, 1.165) is 0 Å². The first-order valence-electron chi connectivity index (χ1n) is 5.78. The Morgan fingerprint density at radius 3 is 2.56 bits per heavy atom. The van der Waals surface area contributed by atoms with Crippen LogP contribution in [0.15, 0.2) is 11.5 Å². The minimum Gasteiger partial charge on any atom is -0.494 e. The molecule has 1 saturated heterocycles. The highest BCUT2D eigenvalue weighted by Crippen LogP contribution is 2.47. The lowest BCUT2D eigenvalue weighted by Crippen LogP contribution is -2.52. The van der Waals surface area contributed by atoms with Crippen molar-refractivity contribution >= 4 is 5.91 Å². The molecule has 6 nitrogen and oxygen atoms in total. The second kappa shape index (κ2) is 4.32. The third-order valence-electron chi connectivity index (χ3n) is 3.91. The van der Waals surface area contributed by atoms with Gasteiger partial charge in [0.25, 0.3) is 0 Å². The van der Waals surface area contributed by atoms with Gasteiger partial charge in [0.15, 0.2) is 0 Å². The van der Waals surface area contributed by atoms with Gasteiger partial charge >= 0.3 is 0 Å². The summed E-state index contributed by atoms with van der Waals surface area (Å²) >= 11 is 0. The summed E-state index contributed by atoms with van der Waals surface area (Å²) in [5.41, 5.74) is -0.690. The molecule has 2 aliphatic heterocycles. The fourth-order valence-electron chi connectivity index (χ4n) is 2.79. The largest absolute Gasteiger partial charge is 0.494 e. The van der Waals surface area contributed by atoms with Crippen molar-refractivity contribution in [1.82, 2.24) is 10.2 Å². The van der Waals surface area contributed by atoms with Crippen LogP contribution < -0.4 is 5.32 Å². The standard InChI is InChI=1S/C12H14N4O2/c1-16-4-2-12(3-5-16)8(6-13)10(17)15-11(18)9(12)7-14/h8,18H,2-5H2,1H3,(H,15,17). The van der Waals surface area contributed by atoms with Crippen LogP contribution in [0.5, 0.6) is 0 Å². The average Bonchev–Trinajstić information content (AvgIpc) is 2.33. The number of amides is 1. The molecular formula is C12H14N4O2. The lowest BCUT2D eigenvalue weighted by atomic mass is 9.63. The van der Waals surface area contributed by atoms with E-state index in [0.29, 0.717) is 25.9 Å². The Hall–Kier alpha value is -2.05. The molecule has 1 atom stereocenters. The zero-order chi connectivity index (χ0) is 13.3. The van der Waals surface area contributed by atoms with Crippen LogP contribution in [0.3, 0.4) is 0 Å². The van der Waals surface area contributed by atoms with Gasteiger partial charge in [-0.25, -0.2) is 0 Å². The summed E-state index contributed by atoms with van der Waals surface area (Å²) in [6, 6.07) is 3.95. The summed E-state index contributed by atoms with van der Waals surface area (Å²) in [4.78, 5) is 13.9. The lowest BCUT2D eigenvalue weighted by molar-refractivity contribution is -0.128. The molecule has 0 aromatic carbocycles. The van der Waals surface area contributed by atoms with Crippen molar-refractivity contribution in [3.63, 3.8) is 0 Å². The van der Waals surface area contributed by atoms with Gasteiger partial charge in [-0.2, -0.15) is 10.5 Å². The number of nitriles is 2. The fraction of sp³-hybridized carbons (Fsp3) is 0.583. The van der Waals surface area contributed by atoms with E-state index in [4.69, 9.17) is 0 Å². The summed E-state index contributed by atoms with van der Waals surface area (Å²) in [6.45, 7) is 1.40. The maximum atomic E-state index is 11.8.